The predicted molar refractivity (Wildman–Crippen MR) is 109 cm³/mol. The van der Waals surface area contributed by atoms with E-state index in [0.29, 0.717) is 18.3 Å². The maximum Gasteiger partial charge on any atom is 0.376 e. The van der Waals surface area contributed by atoms with Crippen LogP contribution in [0.4, 0.5) is 11.6 Å². The molecule has 2 aliphatic carbocycles. The van der Waals surface area contributed by atoms with E-state index in [9.17, 15) is 9.59 Å². The summed E-state index contributed by atoms with van der Waals surface area (Å²) in [5.74, 6) is 0.513. The van der Waals surface area contributed by atoms with Crippen LogP contribution < -0.4 is 10.6 Å². The van der Waals surface area contributed by atoms with Crippen molar-refractivity contribution in [1.82, 2.24) is 19.4 Å². The number of carbonyl (C=O) groups is 2. The number of ether oxygens (including phenoxy) is 1. The molecule has 0 radical (unpaired) electrons. The average molecular weight is 406 g/mol. The molecule has 2 saturated carbocycles. The number of carbonyl (C=O) groups excluding carboxylic acids is 2. The van der Waals surface area contributed by atoms with Gasteiger partial charge in [-0.15, -0.1) is 0 Å². The van der Waals surface area contributed by atoms with E-state index in [0.717, 1.165) is 24.2 Å². The Bertz CT molecular complexity index is 1130. The van der Waals surface area contributed by atoms with E-state index in [4.69, 9.17) is 4.74 Å². The Morgan fingerprint density at radius 3 is 2.63 bits per heavy atom. The fourth-order valence-corrected chi connectivity index (χ4v) is 3.34. The molecular formula is C21H22N6O3. The maximum atomic E-state index is 12.1. The lowest BCUT2D eigenvalue weighted by atomic mass is 10.2. The van der Waals surface area contributed by atoms with E-state index in [-0.39, 0.29) is 23.5 Å². The van der Waals surface area contributed by atoms with Crippen molar-refractivity contribution in [2.45, 2.75) is 38.1 Å². The van der Waals surface area contributed by atoms with Crippen LogP contribution in [0, 0.1) is 5.92 Å². The fourth-order valence-electron chi connectivity index (χ4n) is 3.34. The Morgan fingerprint density at radius 1 is 1.10 bits per heavy atom. The van der Waals surface area contributed by atoms with Gasteiger partial charge in [0.25, 0.3) is 0 Å². The molecule has 0 saturated heterocycles. The van der Waals surface area contributed by atoms with Crippen LogP contribution >= 0.6 is 0 Å². The van der Waals surface area contributed by atoms with Gasteiger partial charge in [0.2, 0.25) is 11.7 Å². The van der Waals surface area contributed by atoms with Gasteiger partial charge in [0.1, 0.15) is 17.3 Å². The lowest BCUT2D eigenvalue weighted by Gasteiger charge is -2.09. The number of anilines is 2. The highest BCUT2D eigenvalue weighted by atomic mass is 16.5. The van der Waals surface area contributed by atoms with Crippen LogP contribution in [0.25, 0.3) is 5.65 Å². The first-order valence-electron chi connectivity index (χ1n) is 10.1. The van der Waals surface area contributed by atoms with E-state index in [1.54, 1.807) is 6.07 Å². The van der Waals surface area contributed by atoms with Crippen molar-refractivity contribution in [3.05, 3.63) is 47.7 Å². The highest BCUT2D eigenvalue weighted by Crippen LogP contribution is 2.39. The predicted octanol–water partition coefficient (Wildman–Crippen LogP) is 2.75. The summed E-state index contributed by atoms with van der Waals surface area (Å²) in [4.78, 5) is 36.9. The highest BCUT2D eigenvalue weighted by molar-refractivity contribution is 5.94. The molecule has 5 rings (SSSR count). The van der Waals surface area contributed by atoms with Gasteiger partial charge < -0.3 is 19.8 Å². The largest absolute Gasteiger partial charge is 0.463 e. The Labute approximate surface area is 172 Å². The second-order valence-corrected chi connectivity index (χ2v) is 7.81. The standard InChI is InChI=1S/C21H22N6O3/c1-30-21(29)19-24-16(8-17(25-19)26-20(28)13-4-5-13)22-9-15-11-27-10-14(12-2-3-12)6-7-18(27)23-15/h6-8,10-13H,2-5,9H2,1H3,(H2,22,24,25,26,28). The molecule has 0 aliphatic heterocycles. The fraction of sp³-hybridized carbons (Fsp3) is 0.381. The first-order chi connectivity index (χ1) is 14.6. The van der Waals surface area contributed by atoms with Gasteiger partial charge in [-0.05, 0) is 43.2 Å². The molecule has 3 heterocycles. The number of hydrogen-bond donors (Lipinski definition) is 2. The van der Waals surface area contributed by atoms with Crippen LogP contribution in [0.5, 0.6) is 0 Å². The summed E-state index contributed by atoms with van der Waals surface area (Å²) in [6, 6.07) is 5.77. The number of rotatable bonds is 7. The van der Waals surface area contributed by atoms with Gasteiger partial charge in [-0.1, -0.05) is 6.07 Å². The van der Waals surface area contributed by atoms with Crippen LogP contribution in [0.1, 0.15) is 53.5 Å². The minimum absolute atomic E-state index is 0.0245. The first kappa shape index (κ1) is 18.5. The number of nitrogens with zero attached hydrogens (tertiary/aromatic N) is 4. The smallest absolute Gasteiger partial charge is 0.376 e. The molecule has 2 fully saturated rings. The lowest BCUT2D eigenvalue weighted by molar-refractivity contribution is -0.117. The number of fused-ring (bicyclic) bond motifs is 1. The summed E-state index contributed by atoms with van der Waals surface area (Å²) >= 11 is 0. The van der Waals surface area contributed by atoms with Gasteiger partial charge in [-0.2, -0.15) is 0 Å². The summed E-state index contributed by atoms with van der Waals surface area (Å²) in [5, 5.41) is 5.91. The Balaban J connectivity index is 1.34. The van der Waals surface area contributed by atoms with E-state index in [1.807, 2.05) is 16.7 Å². The summed E-state index contributed by atoms with van der Waals surface area (Å²) in [6.45, 7) is 0.411. The number of hydrogen-bond acceptors (Lipinski definition) is 7. The Hall–Kier alpha value is -3.49. The topological polar surface area (TPSA) is 111 Å². The second kappa shape index (κ2) is 7.40. The second-order valence-electron chi connectivity index (χ2n) is 7.81. The SMILES string of the molecule is COC(=O)c1nc(NCc2cn3cc(C4CC4)ccc3n2)cc(NC(=O)C2CC2)n1. The quantitative estimate of drug-likeness (QED) is 0.581. The molecule has 154 valence electrons. The molecule has 0 aromatic carbocycles. The Kier molecular flexibility index (Phi) is 4.57. The van der Waals surface area contributed by atoms with Gasteiger partial charge in [-0.25, -0.2) is 19.7 Å². The zero-order chi connectivity index (χ0) is 20.7. The summed E-state index contributed by atoms with van der Waals surface area (Å²) < 4.78 is 6.76. The molecule has 0 spiro atoms. The minimum atomic E-state index is -0.666. The van der Waals surface area contributed by atoms with Crippen molar-refractivity contribution in [2.24, 2.45) is 5.92 Å². The van der Waals surface area contributed by atoms with Crippen molar-refractivity contribution in [2.75, 3.05) is 17.7 Å². The zero-order valence-electron chi connectivity index (χ0n) is 16.6. The molecule has 2 aliphatic rings. The molecule has 3 aromatic rings. The third-order valence-corrected chi connectivity index (χ3v) is 5.32. The molecular weight excluding hydrogens is 384 g/mol. The molecule has 30 heavy (non-hydrogen) atoms. The van der Waals surface area contributed by atoms with Crippen LogP contribution in [-0.2, 0) is 16.1 Å². The average Bonchev–Trinajstić information content (AvgIpc) is 3.66. The molecule has 1 amide bonds. The van der Waals surface area contributed by atoms with Crippen LogP contribution in [0.2, 0.25) is 0 Å². The number of amides is 1. The molecule has 0 unspecified atom stereocenters. The normalized spacial score (nSPS) is 15.8. The molecule has 0 atom stereocenters. The molecule has 0 bridgehead atoms. The van der Waals surface area contributed by atoms with Crippen molar-refractivity contribution in [3.8, 4) is 0 Å². The Morgan fingerprint density at radius 2 is 1.90 bits per heavy atom. The van der Waals surface area contributed by atoms with E-state index in [2.05, 4.69) is 37.8 Å². The third kappa shape index (κ3) is 3.96. The summed E-state index contributed by atoms with van der Waals surface area (Å²) in [5.41, 5.74) is 3.06. The zero-order valence-corrected chi connectivity index (χ0v) is 16.6. The summed E-state index contributed by atoms with van der Waals surface area (Å²) in [7, 11) is 1.26. The highest BCUT2D eigenvalue weighted by Gasteiger charge is 2.30. The van der Waals surface area contributed by atoms with Crippen LogP contribution in [0.15, 0.2) is 30.6 Å². The monoisotopic (exact) mass is 406 g/mol. The van der Waals surface area contributed by atoms with Crippen molar-refractivity contribution < 1.29 is 14.3 Å². The number of esters is 1. The van der Waals surface area contributed by atoms with Crippen molar-refractivity contribution in [3.63, 3.8) is 0 Å². The van der Waals surface area contributed by atoms with Gasteiger partial charge in [0.15, 0.2) is 0 Å². The summed E-state index contributed by atoms with van der Waals surface area (Å²) in [6.07, 6.45) is 8.38. The van der Waals surface area contributed by atoms with Gasteiger partial charge in [0.05, 0.1) is 19.3 Å². The minimum Gasteiger partial charge on any atom is -0.463 e. The third-order valence-electron chi connectivity index (χ3n) is 5.32. The van der Waals surface area contributed by atoms with E-state index < -0.39 is 5.97 Å². The van der Waals surface area contributed by atoms with Gasteiger partial charge >= 0.3 is 5.97 Å². The molecule has 2 N–H and O–H groups in total. The van der Waals surface area contributed by atoms with Crippen molar-refractivity contribution >= 4 is 29.2 Å². The first-order valence-corrected chi connectivity index (χ1v) is 10.1. The number of pyridine rings is 1. The lowest BCUT2D eigenvalue weighted by Crippen LogP contribution is -2.17. The maximum absolute atomic E-state index is 12.1. The van der Waals surface area contributed by atoms with Crippen LogP contribution in [0.3, 0.4) is 0 Å². The van der Waals surface area contributed by atoms with Gasteiger partial charge in [-0.3, -0.25) is 4.79 Å². The van der Waals surface area contributed by atoms with Crippen LogP contribution in [-0.4, -0.2) is 38.3 Å². The van der Waals surface area contributed by atoms with E-state index in [1.165, 1.54) is 25.5 Å². The molecule has 9 heteroatoms. The number of nitrogens with one attached hydrogen (secondary N) is 2. The van der Waals surface area contributed by atoms with Crippen molar-refractivity contribution in [1.29, 1.82) is 0 Å². The van der Waals surface area contributed by atoms with Gasteiger partial charge in [0, 0.05) is 24.4 Å². The molecule has 9 nitrogen and oxygen atoms in total. The number of aromatic nitrogens is 4. The molecule has 3 aromatic heterocycles. The number of imidazole rings is 1. The number of methoxy groups -OCH3 is 1. The van der Waals surface area contributed by atoms with E-state index >= 15 is 0 Å².